The molecule has 1 aliphatic carbocycles. The maximum absolute atomic E-state index is 9.62. The van der Waals surface area contributed by atoms with Gasteiger partial charge in [0.2, 0.25) is 5.88 Å². The van der Waals surface area contributed by atoms with Crippen LogP contribution in [0.1, 0.15) is 31.9 Å². The zero-order valence-corrected chi connectivity index (χ0v) is 9.02. The summed E-state index contributed by atoms with van der Waals surface area (Å²) in [6.45, 7) is 2.07. The van der Waals surface area contributed by atoms with Gasteiger partial charge in [0, 0.05) is 11.8 Å². The molecule has 3 heteroatoms. The summed E-state index contributed by atoms with van der Waals surface area (Å²) in [4.78, 5) is 4.36. The van der Waals surface area contributed by atoms with Gasteiger partial charge in [-0.25, -0.2) is 4.98 Å². The predicted octanol–water partition coefficient (Wildman–Crippen LogP) is 1.94. The van der Waals surface area contributed by atoms with Crippen molar-refractivity contribution >= 4 is 0 Å². The third-order valence-corrected chi connectivity index (χ3v) is 2.83. The van der Waals surface area contributed by atoms with Crippen LogP contribution in [0.5, 0.6) is 5.88 Å². The van der Waals surface area contributed by atoms with Crippen LogP contribution in [-0.2, 0) is 6.42 Å². The Morgan fingerprint density at radius 2 is 2.33 bits per heavy atom. The van der Waals surface area contributed by atoms with Crippen LogP contribution in [0.4, 0.5) is 0 Å². The van der Waals surface area contributed by atoms with E-state index in [0.717, 1.165) is 31.4 Å². The first-order chi connectivity index (χ1) is 7.29. The highest BCUT2D eigenvalue weighted by molar-refractivity contribution is 5.16. The molecule has 1 saturated carbocycles. The summed E-state index contributed by atoms with van der Waals surface area (Å²) in [5.74, 6) is 0.639. The van der Waals surface area contributed by atoms with Gasteiger partial charge in [0.15, 0.2) is 0 Å². The van der Waals surface area contributed by atoms with Crippen molar-refractivity contribution in [1.82, 2.24) is 4.98 Å². The van der Waals surface area contributed by atoms with Crippen molar-refractivity contribution < 1.29 is 9.84 Å². The molecule has 1 aromatic rings. The summed E-state index contributed by atoms with van der Waals surface area (Å²) in [6.07, 6.45) is 3.34. The van der Waals surface area contributed by atoms with Crippen molar-refractivity contribution in [3.63, 3.8) is 0 Å². The van der Waals surface area contributed by atoms with Crippen molar-refractivity contribution in [2.75, 3.05) is 0 Å². The molecule has 2 unspecified atom stereocenters. The molecule has 1 N–H and O–H groups in total. The molecule has 3 nitrogen and oxygen atoms in total. The Balaban J connectivity index is 2.03. The topological polar surface area (TPSA) is 42.4 Å². The maximum Gasteiger partial charge on any atom is 0.213 e. The van der Waals surface area contributed by atoms with Gasteiger partial charge in [-0.3, -0.25) is 0 Å². The van der Waals surface area contributed by atoms with Gasteiger partial charge < -0.3 is 9.84 Å². The van der Waals surface area contributed by atoms with Crippen molar-refractivity contribution in [1.29, 1.82) is 0 Å². The first-order valence-corrected chi connectivity index (χ1v) is 5.60. The number of aliphatic hydroxyl groups excluding tert-OH is 1. The molecule has 2 rings (SSSR count). The van der Waals surface area contributed by atoms with Gasteiger partial charge in [-0.05, 0) is 31.7 Å². The minimum absolute atomic E-state index is 0.0652. The van der Waals surface area contributed by atoms with Crippen LogP contribution in [0, 0.1) is 0 Å². The Hall–Kier alpha value is -1.09. The Bertz CT molecular complexity index is 327. The molecule has 1 heterocycles. The number of ether oxygens (including phenoxy) is 1. The van der Waals surface area contributed by atoms with Crippen LogP contribution in [0.3, 0.4) is 0 Å². The lowest BCUT2D eigenvalue weighted by atomic mass is 10.2. The average Bonchev–Trinajstić information content (AvgIpc) is 2.65. The summed E-state index contributed by atoms with van der Waals surface area (Å²) < 4.78 is 5.67. The van der Waals surface area contributed by atoms with E-state index >= 15 is 0 Å². The van der Waals surface area contributed by atoms with Gasteiger partial charge in [-0.15, -0.1) is 0 Å². The van der Waals surface area contributed by atoms with Gasteiger partial charge in [0.05, 0.1) is 6.10 Å². The van der Waals surface area contributed by atoms with E-state index in [1.165, 1.54) is 0 Å². The Kier molecular flexibility index (Phi) is 3.21. The summed E-state index contributed by atoms with van der Waals surface area (Å²) in [7, 11) is 0. The summed E-state index contributed by atoms with van der Waals surface area (Å²) >= 11 is 0. The fourth-order valence-corrected chi connectivity index (χ4v) is 1.92. The summed E-state index contributed by atoms with van der Waals surface area (Å²) in [5.41, 5.74) is 1.03. The second-order valence-electron chi connectivity index (χ2n) is 3.98. The van der Waals surface area contributed by atoms with Gasteiger partial charge >= 0.3 is 0 Å². The molecule has 15 heavy (non-hydrogen) atoms. The SMILES string of the molecule is CCc1cccc(OC2CCCC2O)n1. The van der Waals surface area contributed by atoms with Crippen molar-refractivity contribution in [3.05, 3.63) is 23.9 Å². The summed E-state index contributed by atoms with van der Waals surface area (Å²) in [6, 6.07) is 5.78. The second kappa shape index (κ2) is 4.62. The molecule has 1 aliphatic rings. The van der Waals surface area contributed by atoms with Gasteiger partial charge in [0.1, 0.15) is 6.10 Å². The Morgan fingerprint density at radius 3 is 3.00 bits per heavy atom. The molecular weight excluding hydrogens is 190 g/mol. The number of pyridine rings is 1. The third-order valence-electron chi connectivity index (χ3n) is 2.83. The highest BCUT2D eigenvalue weighted by Gasteiger charge is 2.27. The fraction of sp³-hybridized carbons (Fsp3) is 0.583. The zero-order chi connectivity index (χ0) is 10.7. The number of hydrogen-bond acceptors (Lipinski definition) is 3. The predicted molar refractivity (Wildman–Crippen MR) is 57.9 cm³/mol. The van der Waals surface area contributed by atoms with Crippen molar-refractivity contribution in [3.8, 4) is 5.88 Å². The molecule has 2 atom stereocenters. The lowest BCUT2D eigenvalue weighted by molar-refractivity contribution is 0.0573. The molecule has 1 fully saturated rings. The minimum Gasteiger partial charge on any atom is -0.472 e. The van der Waals surface area contributed by atoms with Crippen molar-refractivity contribution in [2.45, 2.75) is 44.8 Å². The van der Waals surface area contributed by atoms with E-state index in [4.69, 9.17) is 4.74 Å². The van der Waals surface area contributed by atoms with Gasteiger partial charge in [-0.1, -0.05) is 13.0 Å². The van der Waals surface area contributed by atoms with Gasteiger partial charge in [0.25, 0.3) is 0 Å². The molecular formula is C12H17NO2. The molecule has 1 aromatic heterocycles. The normalized spacial score (nSPS) is 25.5. The molecule has 0 saturated heterocycles. The zero-order valence-electron chi connectivity index (χ0n) is 9.02. The first-order valence-electron chi connectivity index (χ1n) is 5.60. The van der Waals surface area contributed by atoms with Gasteiger partial charge in [-0.2, -0.15) is 0 Å². The lowest BCUT2D eigenvalue weighted by Gasteiger charge is -2.16. The monoisotopic (exact) mass is 207 g/mol. The molecule has 82 valence electrons. The van der Waals surface area contributed by atoms with Crippen LogP contribution in [0.25, 0.3) is 0 Å². The lowest BCUT2D eigenvalue weighted by Crippen LogP contribution is -2.26. The standard InChI is InChI=1S/C12H17NO2/c1-2-9-5-3-8-12(13-9)15-11-7-4-6-10(11)14/h3,5,8,10-11,14H,2,4,6-7H2,1H3. The van der Waals surface area contributed by atoms with E-state index in [9.17, 15) is 5.11 Å². The Labute approximate surface area is 90.1 Å². The van der Waals surface area contributed by atoms with Crippen LogP contribution >= 0.6 is 0 Å². The van der Waals surface area contributed by atoms with E-state index in [2.05, 4.69) is 11.9 Å². The number of hydrogen-bond donors (Lipinski definition) is 1. The van der Waals surface area contributed by atoms with E-state index in [-0.39, 0.29) is 12.2 Å². The molecule has 0 spiro atoms. The largest absolute Gasteiger partial charge is 0.472 e. The second-order valence-corrected chi connectivity index (χ2v) is 3.98. The third kappa shape index (κ3) is 2.48. The smallest absolute Gasteiger partial charge is 0.213 e. The number of aryl methyl sites for hydroxylation is 1. The quantitative estimate of drug-likeness (QED) is 0.823. The van der Waals surface area contributed by atoms with Crippen LogP contribution < -0.4 is 4.74 Å². The van der Waals surface area contributed by atoms with Crippen molar-refractivity contribution in [2.24, 2.45) is 0 Å². The fourth-order valence-electron chi connectivity index (χ4n) is 1.92. The molecule has 0 bridgehead atoms. The average molecular weight is 207 g/mol. The number of aromatic nitrogens is 1. The van der Waals surface area contributed by atoms with Crippen LogP contribution in [0.2, 0.25) is 0 Å². The van der Waals surface area contributed by atoms with E-state index in [1.54, 1.807) is 0 Å². The van der Waals surface area contributed by atoms with Crippen LogP contribution in [0.15, 0.2) is 18.2 Å². The minimum atomic E-state index is -0.322. The maximum atomic E-state index is 9.62. The molecule has 0 aromatic carbocycles. The summed E-state index contributed by atoms with van der Waals surface area (Å²) in [5, 5.41) is 9.62. The molecule has 0 radical (unpaired) electrons. The molecule has 0 aliphatic heterocycles. The number of rotatable bonds is 3. The Morgan fingerprint density at radius 1 is 1.47 bits per heavy atom. The van der Waals surface area contributed by atoms with E-state index in [1.807, 2.05) is 18.2 Å². The van der Waals surface area contributed by atoms with E-state index < -0.39 is 0 Å². The highest BCUT2D eigenvalue weighted by atomic mass is 16.5. The highest BCUT2D eigenvalue weighted by Crippen LogP contribution is 2.23. The number of aliphatic hydroxyl groups is 1. The van der Waals surface area contributed by atoms with Crippen LogP contribution in [-0.4, -0.2) is 22.3 Å². The van der Waals surface area contributed by atoms with E-state index in [0.29, 0.717) is 5.88 Å². The number of nitrogens with zero attached hydrogens (tertiary/aromatic N) is 1. The molecule has 0 amide bonds. The first kappa shape index (κ1) is 10.4.